The topological polar surface area (TPSA) is 59.1 Å². The van der Waals surface area contributed by atoms with E-state index in [-0.39, 0.29) is 24.5 Å². The first-order valence-corrected chi connectivity index (χ1v) is 8.43. The Kier molecular flexibility index (Phi) is 5.19. The Bertz CT molecular complexity index is 896. The highest BCUT2D eigenvalue weighted by Crippen LogP contribution is 2.21. The van der Waals surface area contributed by atoms with Crippen LogP contribution in [0.15, 0.2) is 60.8 Å². The van der Waals surface area contributed by atoms with E-state index in [1.165, 1.54) is 5.56 Å². The van der Waals surface area contributed by atoms with Gasteiger partial charge >= 0.3 is 0 Å². The Balaban J connectivity index is 1.61. The lowest BCUT2D eigenvalue weighted by atomic mass is 10.0. The van der Waals surface area contributed by atoms with Gasteiger partial charge in [-0.1, -0.05) is 49.4 Å². The molecule has 4 nitrogen and oxygen atoms in total. The van der Waals surface area contributed by atoms with Gasteiger partial charge in [0, 0.05) is 30.0 Å². The van der Waals surface area contributed by atoms with Crippen molar-refractivity contribution in [3.63, 3.8) is 0 Å². The maximum atomic E-state index is 12.2. The highest BCUT2D eigenvalue weighted by atomic mass is 16.2. The molecule has 1 amide bonds. The average molecular weight is 332 g/mol. The van der Waals surface area contributed by atoms with Crippen molar-refractivity contribution in [1.29, 1.82) is 0 Å². The molecule has 0 unspecified atom stereocenters. The zero-order valence-electron chi connectivity index (χ0n) is 14.2. The van der Waals surface area contributed by atoms with Crippen molar-refractivity contribution in [2.24, 2.45) is 0 Å². The van der Waals surface area contributed by atoms with Crippen molar-refractivity contribution >= 4 is 28.3 Å². The standard InChI is InChI=1S/C21H20N2O2/c1-2-15-8-10-16(11-9-15)19(24)12-13-20(25)23-18-7-3-5-17-6-4-14-22-21(17)18/h3-11,14H,2,12-13H2,1H3,(H,23,25). The fourth-order valence-corrected chi connectivity index (χ4v) is 2.72. The summed E-state index contributed by atoms with van der Waals surface area (Å²) in [6.45, 7) is 2.07. The van der Waals surface area contributed by atoms with Gasteiger partial charge in [-0.05, 0) is 24.1 Å². The van der Waals surface area contributed by atoms with Gasteiger partial charge in [0.15, 0.2) is 5.78 Å². The van der Waals surface area contributed by atoms with Crippen LogP contribution in [0.4, 0.5) is 5.69 Å². The van der Waals surface area contributed by atoms with Crippen LogP contribution in [-0.2, 0) is 11.2 Å². The lowest BCUT2D eigenvalue weighted by Gasteiger charge is -2.08. The molecule has 1 aromatic heterocycles. The summed E-state index contributed by atoms with van der Waals surface area (Å²) in [5.41, 5.74) is 3.26. The summed E-state index contributed by atoms with van der Waals surface area (Å²) in [5, 5.41) is 3.82. The summed E-state index contributed by atoms with van der Waals surface area (Å²) in [6.07, 6.45) is 2.98. The number of nitrogens with zero attached hydrogens (tertiary/aromatic N) is 1. The van der Waals surface area contributed by atoms with Gasteiger partial charge in [0.25, 0.3) is 0 Å². The van der Waals surface area contributed by atoms with E-state index in [0.717, 1.165) is 17.3 Å². The molecule has 0 bridgehead atoms. The Morgan fingerprint density at radius 1 is 0.960 bits per heavy atom. The number of Topliss-reactive ketones (excluding diaryl/α,β-unsaturated/α-hetero) is 1. The number of amides is 1. The van der Waals surface area contributed by atoms with Crippen LogP contribution in [0.25, 0.3) is 10.9 Å². The summed E-state index contributed by atoms with van der Waals surface area (Å²) in [7, 11) is 0. The maximum absolute atomic E-state index is 12.2. The number of ketones is 1. The molecule has 0 aliphatic heterocycles. The summed E-state index contributed by atoms with van der Waals surface area (Å²) in [6, 6.07) is 17.0. The average Bonchev–Trinajstić information content (AvgIpc) is 2.66. The maximum Gasteiger partial charge on any atom is 0.224 e. The molecule has 0 fully saturated rings. The second-order valence-corrected chi connectivity index (χ2v) is 5.90. The predicted molar refractivity (Wildman–Crippen MR) is 99.8 cm³/mol. The van der Waals surface area contributed by atoms with Gasteiger partial charge in [-0.25, -0.2) is 0 Å². The van der Waals surface area contributed by atoms with Gasteiger partial charge < -0.3 is 5.32 Å². The quantitative estimate of drug-likeness (QED) is 0.681. The molecule has 4 heteroatoms. The fourth-order valence-electron chi connectivity index (χ4n) is 2.72. The predicted octanol–water partition coefficient (Wildman–Crippen LogP) is 4.40. The third-order valence-electron chi connectivity index (χ3n) is 4.17. The first kappa shape index (κ1) is 16.8. The molecule has 0 saturated carbocycles. The number of carbonyl (C=O) groups excluding carboxylic acids is 2. The van der Waals surface area contributed by atoms with Crippen LogP contribution < -0.4 is 5.32 Å². The van der Waals surface area contributed by atoms with Crippen molar-refractivity contribution < 1.29 is 9.59 Å². The molecule has 0 spiro atoms. The highest BCUT2D eigenvalue weighted by molar-refractivity contribution is 6.03. The molecule has 25 heavy (non-hydrogen) atoms. The van der Waals surface area contributed by atoms with Gasteiger partial charge in [0.05, 0.1) is 11.2 Å². The molecular formula is C21H20N2O2. The Morgan fingerprint density at radius 3 is 2.48 bits per heavy atom. The number of carbonyl (C=O) groups is 2. The molecule has 0 aliphatic rings. The number of hydrogen-bond donors (Lipinski definition) is 1. The van der Waals surface area contributed by atoms with Crippen LogP contribution in [0.2, 0.25) is 0 Å². The van der Waals surface area contributed by atoms with Crippen molar-refractivity contribution in [3.8, 4) is 0 Å². The number of nitrogens with one attached hydrogen (secondary N) is 1. The molecular weight excluding hydrogens is 312 g/mol. The summed E-state index contributed by atoms with van der Waals surface area (Å²) < 4.78 is 0. The minimum atomic E-state index is -0.184. The number of hydrogen-bond acceptors (Lipinski definition) is 3. The van der Waals surface area contributed by atoms with Crippen LogP contribution >= 0.6 is 0 Å². The largest absolute Gasteiger partial charge is 0.324 e. The van der Waals surface area contributed by atoms with Crippen LogP contribution in [0.1, 0.15) is 35.7 Å². The first-order valence-electron chi connectivity index (χ1n) is 8.43. The Hall–Kier alpha value is -3.01. The number of pyridine rings is 1. The van der Waals surface area contributed by atoms with E-state index >= 15 is 0 Å². The van der Waals surface area contributed by atoms with Crippen LogP contribution in [0, 0.1) is 0 Å². The second-order valence-electron chi connectivity index (χ2n) is 5.90. The van der Waals surface area contributed by atoms with E-state index < -0.39 is 0 Å². The van der Waals surface area contributed by atoms with Gasteiger partial charge in [-0.3, -0.25) is 14.6 Å². The van der Waals surface area contributed by atoms with E-state index in [1.54, 1.807) is 6.20 Å². The number of aryl methyl sites for hydroxylation is 1. The molecule has 0 saturated heterocycles. The van der Waals surface area contributed by atoms with Crippen molar-refractivity contribution in [3.05, 3.63) is 71.9 Å². The van der Waals surface area contributed by atoms with E-state index in [1.807, 2.05) is 54.6 Å². The summed E-state index contributed by atoms with van der Waals surface area (Å²) >= 11 is 0. The van der Waals surface area contributed by atoms with Crippen LogP contribution in [0.5, 0.6) is 0 Å². The smallest absolute Gasteiger partial charge is 0.224 e. The normalized spacial score (nSPS) is 10.6. The third kappa shape index (κ3) is 4.10. The molecule has 0 radical (unpaired) electrons. The van der Waals surface area contributed by atoms with Gasteiger partial charge in [-0.15, -0.1) is 0 Å². The zero-order chi connectivity index (χ0) is 17.6. The number of para-hydroxylation sites is 1. The SMILES string of the molecule is CCc1ccc(C(=O)CCC(=O)Nc2cccc3cccnc23)cc1. The number of aromatic nitrogens is 1. The van der Waals surface area contributed by atoms with Gasteiger partial charge in [0.1, 0.15) is 0 Å². The third-order valence-corrected chi connectivity index (χ3v) is 4.17. The Labute approximate surface area is 146 Å². The molecule has 1 heterocycles. The molecule has 2 aromatic carbocycles. The molecule has 1 N–H and O–H groups in total. The lowest BCUT2D eigenvalue weighted by molar-refractivity contribution is -0.116. The lowest BCUT2D eigenvalue weighted by Crippen LogP contribution is -2.14. The second kappa shape index (κ2) is 7.71. The van der Waals surface area contributed by atoms with E-state index in [0.29, 0.717) is 11.3 Å². The first-order chi connectivity index (χ1) is 12.2. The van der Waals surface area contributed by atoms with Crippen molar-refractivity contribution in [1.82, 2.24) is 4.98 Å². The summed E-state index contributed by atoms with van der Waals surface area (Å²) in [5.74, 6) is -0.203. The number of rotatable bonds is 6. The van der Waals surface area contributed by atoms with Crippen LogP contribution in [-0.4, -0.2) is 16.7 Å². The minimum absolute atomic E-state index is 0.0196. The van der Waals surface area contributed by atoms with E-state index in [9.17, 15) is 9.59 Å². The fraction of sp³-hybridized carbons (Fsp3) is 0.190. The van der Waals surface area contributed by atoms with Crippen molar-refractivity contribution in [2.75, 3.05) is 5.32 Å². The highest BCUT2D eigenvalue weighted by Gasteiger charge is 2.11. The molecule has 126 valence electrons. The summed E-state index contributed by atoms with van der Waals surface area (Å²) in [4.78, 5) is 28.7. The van der Waals surface area contributed by atoms with Crippen molar-refractivity contribution in [2.45, 2.75) is 26.2 Å². The molecule has 0 aliphatic carbocycles. The molecule has 3 aromatic rings. The van der Waals surface area contributed by atoms with Gasteiger partial charge in [0.2, 0.25) is 5.91 Å². The number of benzene rings is 2. The number of fused-ring (bicyclic) bond motifs is 1. The van der Waals surface area contributed by atoms with E-state index in [2.05, 4.69) is 17.2 Å². The van der Waals surface area contributed by atoms with E-state index in [4.69, 9.17) is 0 Å². The van der Waals surface area contributed by atoms with Gasteiger partial charge in [-0.2, -0.15) is 0 Å². The monoisotopic (exact) mass is 332 g/mol. The molecule has 3 rings (SSSR count). The zero-order valence-corrected chi connectivity index (χ0v) is 14.2. The number of anilines is 1. The Morgan fingerprint density at radius 2 is 1.72 bits per heavy atom. The minimum Gasteiger partial charge on any atom is -0.324 e. The van der Waals surface area contributed by atoms with Crippen LogP contribution in [0.3, 0.4) is 0 Å². The molecule has 0 atom stereocenters.